The molecule has 0 rings (SSSR count). The van der Waals surface area contributed by atoms with Crippen LogP contribution in [-0.2, 0) is 18.8 Å². The summed E-state index contributed by atoms with van der Waals surface area (Å²) < 4.78 is 21.9. The van der Waals surface area contributed by atoms with Gasteiger partial charge in [-0.3, -0.25) is 4.79 Å². The highest BCUT2D eigenvalue weighted by atomic mass is 32.2. The summed E-state index contributed by atoms with van der Waals surface area (Å²) in [6.45, 7) is 21.6. The van der Waals surface area contributed by atoms with Gasteiger partial charge in [-0.25, -0.2) is 9.34 Å². The lowest BCUT2D eigenvalue weighted by molar-refractivity contribution is -0.113. The summed E-state index contributed by atoms with van der Waals surface area (Å²) in [6, 6.07) is 1.47. The maximum absolute atomic E-state index is 11.5. The molecule has 6 nitrogen and oxygen atoms in total. The first-order chi connectivity index (χ1) is 12.5. The van der Waals surface area contributed by atoms with E-state index in [2.05, 4.69) is 64.7 Å². The zero-order valence-electron chi connectivity index (χ0n) is 18.9. The van der Waals surface area contributed by atoms with Crippen LogP contribution in [0, 0.1) is 5.92 Å². The van der Waals surface area contributed by atoms with E-state index in [-0.39, 0.29) is 24.6 Å². The van der Waals surface area contributed by atoms with E-state index in [1.54, 1.807) is 0 Å². The molecule has 0 saturated carbocycles. The molecule has 0 aliphatic rings. The lowest BCUT2D eigenvalue weighted by Crippen LogP contribution is -2.43. The minimum absolute atomic E-state index is 0.0162. The van der Waals surface area contributed by atoms with Crippen molar-refractivity contribution in [2.24, 2.45) is 5.92 Å². The van der Waals surface area contributed by atoms with Gasteiger partial charge in [-0.05, 0) is 55.4 Å². The fraction of sp³-hybridized carbons (Fsp3) is 0.947. The molecule has 0 radical (unpaired) electrons. The number of carbonyl (C=O) groups is 1. The molecular weight excluding hydrogens is 383 g/mol. The molecule has 0 fully saturated rings. The Morgan fingerprint density at radius 2 is 1.22 bits per heavy atom. The number of rotatable bonds is 14. The fourth-order valence-electron chi connectivity index (χ4n) is 2.71. The molecule has 0 aromatic carbocycles. The summed E-state index contributed by atoms with van der Waals surface area (Å²) in [5.41, 5.74) is 0. The monoisotopic (exact) mass is 424 g/mol. The van der Waals surface area contributed by atoms with Crippen molar-refractivity contribution in [1.82, 2.24) is 9.34 Å². The fourth-order valence-corrected chi connectivity index (χ4v) is 5.57. The standard InChI is InChI=1S/C19H41N2O4PS/c1-14(2)19(22)27-13-24-11-23-12-25-26(20(15(3)4)16(5)6)21(17(7)8)18(9)10/h14-18H,11-13H2,1-10H3. The van der Waals surface area contributed by atoms with Gasteiger partial charge in [0.05, 0.1) is 0 Å². The maximum Gasteiger partial charge on any atom is 0.193 e. The Hall–Kier alpha value is 0.250. The van der Waals surface area contributed by atoms with Crippen molar-refractivity contribution in [1.29, 1.82) is 0 Å². The molecule has 162 valence electrons. The minimum Gasteiger partial charge on any atom is -0.344 e. The molecule has 0 bridgehead atoms. The van der Waals surface area contributed by atoms with Gasteiger partial charge in [-0.2, -0.15) is 0 Å². The Morgan fingerprint density at radius 3 is 1.59 bits per heavy atom. The summed E-state index contributed by atoms with van der Waals surface area (Å²) in [5.74, 6) is 0.322. The molecule has 0 spiro atoms. The molecule has 27 heavy (non-hydrogen) atoms. The lowest BCUT2D eigenvalue weighted by atomic mass is 10.3. The second kappa shape index (κ2) is 14.3. The number of carbonyl (C=O) groups excluding carboxylic acids is 1. The number of thioether (sulfide) groups is 1. The van der Waals surface area contributed by atoms with Crippen molar-refractivity contribution in [3.63, 3.8) is 0 Å². The van der Waals surface area contributed by atoms with Crippen molar-refractivity contribution in [2.45, 2.75) is 93.4 Å². The molecule has 0 aromatic heterocycles. The van der Waals surface area contributed by atoms with Crippen LogP contribution in [0.1, 0.15) is 69.2 Å². The average molecular weight is 425 g/mol. The Morgan fingerprint density at radius 1 is 0.778 bits per heavy atom. The topological polar surface area (TPSA) is 51.2 Å². The predicted molar refractivity (Wildman–Crippen MR) is 116 cm³/mol. The van der Waals surface area contributed by atoms with E-state index in [1.807, 2.05) is 13.8 Å². The van der Waals surface area contributed by atoms with Crippen LogP contribution in [0.15, 0.2) is 0 Å². The van der Waals surface area contributed by atoms with Crippen LogP contribution in [0.3, 0.4) is 0 Å². The van der Waals surface area contributed by atoms with E-state index in [0.29, 0.717) is 30.1 Å². The zero-order chi connectivity index (χ0) is 21.1. The summed E-state index contributed by atoms with van der Waals surface area (Å²) in [6.07, 6.45) is 0. The molecule has 0 saturated heterocycles. The third-order valence-corrected chi connectivity index (χ3v) is 7.70. The van der Waals surface area contributed by atoms with E-state index in [0.717, 1.165) is 0 Å². The molecule has 0 heterocycles. The summed E-state index contributed by atoms with van der Waals surface area (Å²) in [4.78, 5) is 11.5. The van der Waals surface area contributed by atoms with Crippen molar-refractivity contribution >= 4 is 25.3 Å². The molecular formula is C19H41N2O4PS. The molecule has 0 amide bonds. The van der Waals surface area contributed by atoms with Gasteiger partial charge >= 0.3 is 0 Å². The minimum atomic E-state index is -0.962. The van der Waals surface area contributed by atoms with Gasteiger partial charge in [-0.15, -0.1) is 0 Å². The van der Waals surface area contributed by atoms with E-state index in [4.69, 9.17) is 14.0 Å². The molecule has 0 aliphatic carbocycles. The van der Waals surface area contributed by atoms with Gasteiger partial charge in [0.15, 0.2) is 27.2 Å². The molecule has 8 heteroatoms. The summed E-state index contributed by atoms with van der Waals surface area (Å²) >= 11 is 1.18. The normalized spacial score (nSPS) is 13.0. The maximum atomic E-state index is 11.5. The van der Waals surface area contributed by atoms with Gasteiger partial charge in [0.1, 0.15) is 5.94 Å². The Kier molecular flexibility index (Phi) is 14.4. The quantitative estimate of drug-likeness (QED) is 0.213. The van der Waals surface area contributed by atoms with Gasteiger partial charge < -0.3 is 14.0 Å². The van der Waals surface area contributed by atoms with Crippen LogP contribution in [0.2, 0.25) is 0 Å². The van der Waals surface area contributed by atoms with Crippen molar-refractivity contribution < 1.29 is 18.8 Å². The zero-order valence-corrected chi connectivity index (χ0v) is 20.6. The third-order valence-electron chi connectivity index (χ3n) is 3.69. The SMILES string of the molecule is CC(C)C(=O)SCOCOCOP(N(C(C)C)C(C)C)N(C(C)C)C(C)C. The van der Waals surface area contributed by atoms with Crippen molar-refractivity contribution in [3.8, 4) is 0 Å². The summed E-state index contributed by atoms with van der Waals surface area (Å²) in [7, 11) is -0.962. The Balaban J connectivity index is 4.67. The van der Waals surface area contributed by atoms with Gasteiger partial charge in [-0.1, -0.05) is 25.6 Å². The number of ether oxygens (including phenoxy) is 2. The van der Waals surface area contributed by atoms with E-state index in [1.165, 1.54) is 11.8 Å². The number of nitrogens with zero attached hydrogens (tertiary/aromatic N) is 2. The van der Waals surface area contributed by atoms with Crippen LogP contribution in [0.4, 0.5) is 0 Å². The molecule has 0 aromatic rings. The first-order valence-electron chi connectivity index (χ1n) is 9.82. The molecule has 0 atom stereocenters. The highest BCUT2D eigenvalue weighted by Gasteiger charge is 2.34. The first kappa shape index (κ1) is 27.2. The first-order valence-corrected chi connectivity index (χ1v) is 12.0. The number of hydrogen-bond donors (Lipinski definition) is 0. The molecule has 0 N–H and O–H groups in total. The molecule has 0 unspecified atom stereocenters. The van der Waals surface area contributed by atoms with Crippen LogP contribution in [0.25, 0.3) is 0 Å². The predicted octanol–water partition coefficient (Wildman–Crippen LogP) is 5.29. The lowest BCUT2D eigenvalue weighted by Gasteiger charge is -2.45. The highest BCUT2D eigenvalue weighted by Crippen LogP contribution is 2.50. The molecule has 0 aliphatic heterocycles. The van der Waals surface area contributed by atoms with E-state index >= 15 is 0 Å². The van der Waals surface area contributed by atoms with E-state index in [9.17, 15) is 4.79 Å². The second-order valence-corrected chi connectivity index (χ2v) is 10.5. The number of hydrogen-bond acceptors (Lipinski definition) is 7. The Bertz CT molecular complexity index is 373. The van der Waals surface area contributed by atoms with Crippen LogP contribution < -0.4 is 0 Å². The second-order valence-electron chi connectivity index (χ2n) is 7.90. The average Bonchev–Trinajstić information content (AvgIpc) is 2.51. The van der Waals surface area contributed by atoms with Crippen LogP contribution in [-0.4, -0.2) is 58.1 Å². The smallest absolute Gasteiger partial charge is 0.193 e. The highest BCUT2D eigenvalue weighted by molar-refractivity contribution is 8.13. The van der Waals surface area contributed by atoms with Crippen molar-refractivity contribution in [3.05, 3.63) is 0 Å². The van der Waals surface area contributed by atoms with Gasteiger partial charge in [0, 0.05) is 30.1 Å². The van der Waals surface area contributed by atoms with Gasteiger partial charge in [0.2, 0.25) is 0 Å². The van der Waals surface area contributed by atoms with Crippen molar-refractivity contribution in [2.75, 3.05) is 19.5 Å². The Labute approximate surface area is 172 Å². The third kappa shape index (κ3) is 10.6. The summed E-state index contributed by atoms with van der Waals surface area (Å²) in [5, 5.41) is 0.129. The van der Waals surface area contributed by atoms with Crippen LogP contribution in [0.5, 0.6) is 0 Å². The largest absolute Gasteiger partial charge is 0.344 e. The van der Waals surface area contributed by atoms with Crippen LogP contribution >= 0.6 is 20.2 Å². The van der Waals surface area contributed by atoms with Gasteiger partial charge in [0.25, 0.3) is 0 Å². The van der Waals surface area contributed by atoms with E-state index < -0.39 is 8.45 Å².